The van der Waals surface area contributed by atoms with E-state index in [0.717, 1.165) is 5.56 Å². The fourth-order valence-electron chi connectivity index (χ4n) is 1.27. The van der Waals surface area contributed by atoms with E-state index in [-0.39, 0.29) is 17.6 Å². The van der Waals surface area contributed by atoms with E-state index < -0.39 is 10.8 Å². The van der Waals surface area contributed by atoms with Crippen molar-refractivity contribution in [2.24, 2.45) is 0 Å². The van der Waals surface area contributed by atoms with Crippen molar-refractivity contribution in [3.05, 3.63) is 33.8 Å². The standard InChI is InChI=1S/C12H15Cl2NO2S/c1-8(18(2)17)7-15-12(16)6-9-3-4-10(13)11(14)5-9/h3-5,8H,6-7H2,1-2H3,(H,15,16)/t8-,18+/m1/s1. The Bertz CT molecular complexity index is 465. The number of nitrogens with one attached hydrogen (secondary N) is 1. The maximum absolute atomic E-state index is 11.6. The van der Waals surface area contributed by atoms with Crippen molar-refractivity contribution >= 4 is 39.9 Å². The van der Waals surface area contributed by atoms with Crippen LogP contribution >= 0.6 is 23.2 Å². The molecule has 0 saturated carbocycles. The quantitative estimate of drug-likeness (QED) is 0.908. The highest BCUT2D eigenvalue weighted by Gasteiger charge is 2.09. The first kappa shape index (κ1) is 15.5. The minimum absolute atomic E-state index is 0.0530. The van der Waals surface area contributed by atoms with Gasteiger partial charge >= 0.3 is 0 Å². The van der Waals surface area contributed by atoms with E-state index in [1.54, 1.807) is 24.5 Å². The van der Waals surface area contributed by atoms with Crippen LogP contribution in [0.1, 0.15) is 12.5 Å². The van der Waals surface area contributed by atoms with Gasteiger partial charge in [-0.15, -0.1) is 0 Å². The Morgan fingerprint density at radius 1 is 1.39 bits per heavy atom. The summed E-state index contributed by atoms with van der Waals surface area (Å²) in [5, 5.41) is 3.59. The number of hydrogen-bond acceptors (Lipinski definition) is 2. The molecule has 0 aliphatic heterocycles. The van der Waals surface area contributed by atoms with Gasteiger partial charge in [-0.05, 0) is 24.6 Å². The van der Waals surface area contributed by atoms with Crippen molar-refractivity contribution in [1.29, 1.82) is 0 Å². The smallest absolute Gasteiger partial charge is 0.224 e. The van der Waals surface area contributed by atoms with Gasteiger partial charge in [0, 0.05) is 28.9 Å². The highest BCUT2D eigenvalue weighted by atomic mass is 35.5. The lowest BCUT2D eigenvalue weighted by molar-refractivity contribution is -0.120. The van der Waals surface area contributed by atoms with Crippen molar-refractivity contribution < 1.29 is 9.00 Å². The van der Waals surface area contributed by atoms with E-state index in [0.29, 0.717) is 16.6 Å². The van der Waals surface area contributed by atoms with Gasteiger partial charge in [-0.3, -0.25) is 9.00 Å². The monoisotopic (exact) mass is 307 g/mol. The first-order valence-electron chi connectivity index (χ1n) is 5.43. The molecular weight excluding hydrogens is 293 g/mol. The van der Waals surface area contributed by atoms with Gasteiger partial charge in [-0.25, -0.2) is 0 Å². The number of amides is 1. The van der Waals surface area contributed by atoms with E-state index >= 15 is 0 Å². The van der Waals surface area contributed by atoms with Crippen molar-refractivity contribution in [1.82, 2.24) is 5.32 Å². The van der Waals surface area contributed by atoms with Crippen LogP contribution in [0.25, 0.3) is 0 Å². The molecule has 6 heteroatoms. The molecule has 2 atom stereocenters. The number of halogens is 2. The van der Waals surface area contributed by atoms with Crippen LogP contribution in [0, 0.1) is 0 Å². The molecule has 3 nitrogen and oxygen atoms in total. The zero-order valence-electron chi connectivity index (χ0n) is 10.2. The molecule has 1 amide bonds. The predicted octanol–water partition coefficient (Wildman–Crippen LogP) is 2.42. The van der Waals surface area contributed by atoms with Crippen LogP contribution in [0.2, 0.25) is 10.0 Å². The van der Waals surface area contributed by atoms with Gasteiger partial charge in [-0.1, -0.05) is 29.3 Å². The molecule has 18 heavy (non-hydrogen) atoms. The molecule has 100 valence electrons. The number of rotatable bonds is 5. The summed E-state index contributed by atoms with van der Waals surface area (Å²) < 4.78 is 11.1. The molecule has 0 bridgehead atoms. The molecule has 1 aromatic rings. The van der Waals surface area contributed by atoms with Crippen molar-refractivity contribution in [2.75, 3.05) is 12.8 Å². The Balaban J connectivity index is 2.49. The minimum atomic E-state index is -0.933. The minimum Gasteiger partial charge on any atom is -0.355 e. The summed E-state index contributed by atoms with van der Waals surface area (Å²) in [6.45, 7) is 2.23. The van der Waals surface area contributed by atoms with Gasteiger partial charge in [-0.2, -0.15) is 0 Å². The summed E-state index contributed by atoms with van der Waals surface area (Å²) >= 11 is 11.7. The molecular formula is C12H15Cl2NO2S. The summed E-state index contributed by atoms with van der Waals surface area (Å²) in [5.74, 6) is -0.120. The average molecular weight is 308 g/mol. The molecule has 0 heterocycles. The molecule has 0 radical (unpaired) electrons. The van der Waals surface area contributed by atoms with Crippen LogP contribution in [0.5, 0.6) is 0 Å². The van der Waals surface area contributed by atoms with Crippen molar-refractivity contribution in [3.8, 4) is 0 Å². The number of carbonyl (C=O) groups is 1. The van der Waals surface area contributed by atoms with Gasteiger partial charge in [0.2, 0.25) is 5.91 Å². The summed E-state index contributed by atoms with van der Waals surface area (Å²) in [4.78, 5) is 11.6. The molecule has 1 rings (SSSR count). The van der Waals surface area contributed by atoms with Crippen LogP contribution in [0.4, 0.5) is 0 Å². The first-order valence-corrected chi connectivity index (χ1v) is 7.80. The molecule has 0 aromatic heterocycles. The molecule has 1 aromatic carbocycles. The third-order valence-corrected chi connectivity index (χ3v) is 4.54. The first-order chi connectivity index (χ1) is 8.40. The molecule has 1 N–H and O–H groups in total. The Kier molecular flexibility index (Phi) is 6.12. The van der Waals surface area contributed by atoms with Crippen molar-refractivity contribution in [3.63, 3.8) is 0 Å². The van der Waals surface area contributed by atoms with Crippen LogP contribution in [-0.4, -0.2) is 28.2 Å². The zero-order valence-corrected chi connectivity index (χ0v) is 12.5. The Hall–Kier alpha value is -0.580. The maximum atomic E-state index is 11.6. The highest BCUT2D eigenvalue weighted by Crippen LogP contribution is 2.22. The molecule has 0 unspecified atom stereocenters. The third kappa shape index (κ3) is 4.96. The predicted molar refractivity (Wildman–Crippen MR) is 76.7 cm³/mol. The largest absolute Gasteiger partial charge is 0.355 e. The Morgan fingerprint density at radius 3 is 2.61 bits per heavy atom. The summed E-state index contributed by atoms with van der Waals surface area (Å²) in [7, 11) is -0.933. The lowest BCUT2D eigenvalue weighted by atomic mass is 10.1. The highest BCUT2D eigenvalue weighted by molar-refractivity contribution is 7.84. The molecule has 0 aliphatic carbocycles. The normalized spacial score (nSPS) is 14.0. The van der Waals surface area contributed by atoms with Gasteiger partial charge in [0.1, 0.15) is 0 Å². The SMILES string of the molecule is C[C@H](CNC(=O)Cc1ccc(Cl)c(Cl)c1)[S@](C)=O. The van der Waals surface area contributed by atoms with Gasteiger partial charge in [0.15, 0.2) is 0 Å². The van der Waals surface area contributed by atoms with Crippen molar-refractivity contribution in [2.45, 2.75) is 18.6 Å². The second-order valence-corrected chi connectivity index (χ2v) is 6.65. The van der Waals surface area contributed by atoms with E-state index in [4.69, 9.17) is 23.2 Å². The van der Waals surface area contributed by atoms with Gasteiger partial charge in [0.05, 0.1) is 16.5 Å². The number of carbonyl (C=O) groups excluding carboxylic acids is 1. The second kappa shape index (κ2) is 7.12. The van der Waals surface area contributed by atoms with Crippen LogP contribution in [-0.2, 0) is 22.0 Å². The van der Waals surface area contributed by atoms with Gasteiger partial charge in [0.25, 0.3) is 0 Å². The van der Waals surface area contributed by atoms with E-state index in [9.17, 15) is 9.00 Å². The van der Waals surface area contributed by atoms with E-state index in [1.165, 1.54) is 0 Å². The summed E-state index contributed by atoms with van der Waals surface area (Å²) in [6, 6.07) is 5.09. The third-order valence-electron chi connectivity index (χ3n) is 2.50. The van der Waals surface area contributed by atoms with Crippen LogP contribution < -0.4 is 5.32 Å². The van der Waals surface area contributed by atoms with E-state index in [2.05, 4.69) is 5.32 Å². The zero-order chi connectivity index (χ0) is 13.7. The van der Waals surface area contributed by atoms with E-state index in [1.807, 2.05) is 6.92 Å². The Labute approximate surface area is 119 Å². The second-order valence-electron chi connectivity index (χ2n) is 4.04. The lowest BCUT2D eigenvalue weighted by Gasteiger charge is -2.10. The maximum Gasteiger partial charge on any atom is 0.224 e. The molecule has 0 saturated heterocycles. The summed E-state index contributed by atoms with van der Waals surface area (Å²) in [6.07, 6.45) is 1.86. The lowest BCUT2D eigenvalue weighted by Crippen LogP contribution is -2.33. The van der Waals surface area contributed by atoms with Crippen LogP contribution in [0.15, 0.2) is 18.2 Å². The van der Waals surface area contributed by atoms with Crippen LogP contribution in [0.3, 0.4) is 0 Å². The molecule has 0 spiro atoms. The Morgan fingerprint density at radius 2 is 2.06 bits per heavy atom. The molecule has 0 aliphatic rings. The summed E-state index contributed by atoms with van der Waals surface area (Å²) in [5.41, 5.74) is 0.798. The fourth-order valence-corrected chi connectivity index (χ4v) is 1.91. The number of benzene rings is 1. The molecule has 0 fully saturated rings. The fraction of sp³-hybridized carbons (Fsp3) is 0.417. The number of hydrogen-bond donors (Lipinski definition) is 1. The average Bonchev–Trinajstić information content (AvgIpc) is 2.30. The van der Waals surface area contributed by atoms with Gasteiger partial charge < -0.3 is 5.32 Å². The topological polar surface area (TPSA) is 46.2 Å².